The van der Waals surface area contributed by atoms with E-state index in [1.54, 1.807) is 0 Å². The molecule has 1 unspecified atom stereocenters. The van der Waals surface area contributed by atoms with E-state index in [0.29, 0.717) is 6.04 Å². The third-order valence-electron chi connectivity index (χ3n) is 1.70. The van der Waals surface area contributed by atoms with Gasteiger partial charge < -0.3 is 11.1 Å². The van der Waals surface area contributed by atoms with E-state index in [4.69, 9.17) is 5.73 Å². The van der Waals surface area contributed by atoms with Gasteiger partial charge in [-0.1, -0.05) is 0 Å². The van der Waals surface area contributed by atoms with E-state index in [2.05, 4.69) is 17.3 Å². The Morgan fingerprint density at radius 3 is 3.00 bits per heavy atom. The summed E-state index contributed by atoms with van der Waals surface area (Å²) in [6, 6.07) is 0.639. The van der Waals surface area contributed by atoms with Gasteiger partial charge in [0.15, 0.2) is 0 Å². The first kappa shape index (κ1) is 6.99. The van der Waals surface area contributed by atoms with Gasteiger partial charge >= 0.3 is 0 Å². The van der Waals surface area contributed by atoms with Gasteiger partial charge in [-0.3, -0.25) is 4.90 Å². The zero-order valence-corrected chi connectivity index (χ0v) is 5.93. The van der Waals surface area contributed by atoms with Crippen LogP contribution in [0.5, 0.6) is 0 Å². The molecule has 0 saturated carbocycles. The minimum absolute atomic E-state index is 0.639. The van der Waals surface area contributed by atoms with Crippen LogP contribution in [-0.4, -0.2) is 37.7 Å². The highest BCUT2D eigenvalue weighted by molar-refractivity contribution is 4.76. The number of rotatable bonds is 2. The first-order valence-electron chi connectivity index (χ1n) is 3.45. The second-order valence-electron chi connectivity index (χ2n) is 2.68. The van der Waals surface area contributed by atoms with E-state index >= 15 is 0 Å². The zero-order valence-electron chi connectivity index (χ0n) is 5.93. The van der Waals surface area contributed by atoms with Gasteiger partial charge in [0, 0.05) is 19.3 Å². The highest BCUT2D eigenvalue weighted by Crippen LogP contribution is 1.99. The molecule has 0 radical (unpaired) electrons. The number of nitrogens with two attached hydrogens (primary N) is 1. The topological polar surface area (TPSA) is 41.3 Å². The van der Waals surface area contributed by atoms with Crippen LogP contribution in [-0.2, 0) is 0 Å². The largest absolute Gasteiger partial charge is 0.330 e. The van der Waals surface area contributed by atoms with Gasteiger partial charge in [0.05, 0.1) is 0 Å². The van der Waals surface area contributed by atoms with E-state index in [-0.39, 0.29) is 0 Å². The van der Waals surface area contributed by atoms with Crippen LogP contribution in [0.2, 0.25) is 0 Å². The summed E-state index contributed by atoms with van der Waals surface area (Å²) in [7, 11) is 2.11. The normalized spacial score (nSPS) is 29.3. The Balaban J connectivity index is 2.14. The van der Waals surface area contributed by atoms with Crippen LogP contribution in [0.15, 0.2) is 0 Å². The second kappa shape index (κ2) is 3.15. The number of likely N-dealkylation sites (N-methyl/N-ethyl adjacent to an activating group) is 1. The van der Waals surface area contributed by atoms with Crippen LogP contribution in [0.4, 0.5) is 0 Å². The molecule has 1 atom stereocenters. The van der Waals surface area contributed by atoms with Crippen molar-refractivity contribution in [2.24, 2.45) is 5.73 Å². The molecule has 9 heavy (non-hydrogen) atoms. The van der Waals surface area contributed by atoms with Gasteiger partial charge in [0.1, 0.15) is 0 Å². The van der Waals surface area contributed by atoms with Crippen LogP contribution >= 0.6 is 0 Å². The van der Waals surface area contributed by atoms with E-state index in [0.717, 1.165) is 26.2 Å². The molecule has 0 aromatic carbocycles. The average molecular weight is 129 g/mol. The van der Waals surface area contributed by atoms with E-state index in [1.165, 1.54) is 0 Å². The SMILES string of the molecule is CN1CNC(CCN)C1. The summed E-state index contributed by atoms with van der Waals surface area (Å²) in [6.07, 6.45) is 1.10. The van der Waals surface area contributed by atoms with Gasteiger partial charge in [0.25, 0.3) is 0 Å². The Kier molecular flexibility index (Phi) is 2.45. The first-order chi connectivity index (χ1) is 4.33. The van der Waals surface area contributed by atoms with Crippen molar-refractivity contribution in [1.29, 1.82) is 0 Å². The third kappa shape index (κ3) is 1.93. The average Bonchev–Trinajstić information content (AvgIpc) is 2.17. The fraction of sp³-hybridized carbons (Fsp3) is 1.00. The summed E-state index contributed by atoms with van der Waals surface area (Å²) in [5.41, 5.74) is 5.40. The maximum absolute atomic E-state index is 5.40. The summed E-state index contributed by atoms with van der Waals surface area (Å²) in [4.78, 5) is 2.26. The predicted molar refractivity (Wildman–Crippen MR) is 38.1 cm³/mol. The summed E-state index contributed by atoms with van der Waals surface area (Å²) in [5, 5.41) is 3.35. The van der Waals surface area contributed by atoms with E-state index < -0.39 is 0 Å². The molecule has 0 aromatic heterocycles. The zero-order chi connectivity index (χ0) is 6.69. The van der Waals surface area contributed by atoms with Crippen molar-refractivity contribution in [2.45, 2.75) is 12.5 Å². The van der Waals surface area contributed by atoms with Crippen molar-refractivity contribution >= 4 is 0 Å². The van der Waals surface area contributed by atoms with Crippen LogP contribution in [0.1, 0.15) is 6.42 Å². The summed E-state index contributed by atoms with van der Waals surface area (Å²) < 4.78 is 0. The minimum atomic E-state index is 0.639. The van der Waals surface area contributed by atoms with Crippen LogP contribution in [0.3, 0.4) is 0 Å². The van der Waals surface area contributed by atoms with Crippen LogP contribution in [0, 0.1) is 0 Å². The number of nitrogens with zero attached hydrogens (tertiary/aromatic N) is 1. The van der Waals surface area contributed by atoms with Crippen molar-refractivity contribution in [3.8, 4) is 0 Å². The molecule has 3 nitrogen and oxygen atoms in total. The summed E-state index contributed by atoms with van der Waals surface area (Å²) in [6.45, 7) is 2.97. The molecule has 0 aromatic rings. The van der Waals surface area contributed by atoms with Crippen LogP contribution in [0.25, 0.3) is 0 Å². The monoisotopic (exact) mass is 129 g/mol. The Morgan fingerprint density at radius 1 is 1.78 bits per heavy atom. The van der Waals surface area contributed by atoms with Crippen molar-refractivity contribution in [1.82, 2.24) is 10.2 Å². The van der Waals surface area contributed by atoms with Crippen LogP contribution < -0.4 is 11.1 Å². The van der Waals surface area contributed by atoms with Gasteiger partial charge in [0.2, 0.25) is 0 Å². The molecule has 0 spiro atoms. The molecule has 1 rings (SSSR count). The smallest absolute Gasteiger partial charge is 0.0480 e. The Hall–Kier alpha value is -0.120. The maximum Gasteiger partial charge on any atom is 0.0480 e. The lowest BCUT2D eigenvalue weighted by atomic mass is 10.2. The lowest BCUT2D eigenvalue weighted by Crippen LogP contribution is -2.26. The van der Waals surface area contributed by atoms with Crippen molar-refractivity contribution in [2.75, 3.05) is 26.8 Å². The molecule has 0 bridgehead atoms. The molecule has 3 N–H and O–H groups in total. The standard InChI is InChI=1S/C6H15N3/c1-9-4-6(2-3-7)8-5-9/h6,8H,2-5,7H2,1H3. The molecule has 1 aliphatic rings. The molecule has 3 heteroatoms. The summed E-state index contributed by atoms with van der Waals surface area (Å²) in [5.74, 6) is 0. The molecule has 0 aliphatic carbocycles. The molecule has 54 valence electrons. The number of nitrogens with one attached hydrogen (secondary N) is 1. The van der Waals surface area contributed by atoms with Gasteiger partial charge in [-0.2, -0.15) is 0 Å². The van der Waals surface area contributed by atoms with Gasteiger partial charge in [-0.25, -0.2) is 0 Å². The second-order valence-corrected chi connectivity index (χ2v) is 2.68. The molecule has 1 saturated heterocycles. The van der Waals surface area contributed by atoms with Crippen molar-refractivity contribution in [3.63, 3.8) is 0 Å². The number of hydrogen-bond acceptors (Lipinski definition) is 3. The molecule has 1 heterocycles. The van der Waals surface area contributed by atoms with E-state index in [9.17, 15) is 0 Å². The molecular formula is C6H15N3. The third-order valence-corrected chi connectivity index (χ3v) is 1.70. The molecular weight excluding hydrogens is 114 g/mol. The highest BCUT2D eigenvalue weighted by Gasteiger charge is 2.16. The molecule has 0 amide bonds. The maximum atomic E-state index is 5.40. The quantitative estimate of drug-likeness (QED) is 0.512. The lowest BCUT2D eigenvalue weighted by Gasteiger charge is -2.06. The lowest BCUT2D eigenvalue weighted by molar-refractivity contribution is 0.405. The van der Waals surface area contributed by atoms with Gasteiger partial charge in [-0.15, -0.1) is 0 Å². The molecule has 1 fully saturated rings. The number of hydrogen-bond donors (Lipinski definition) is 2. The minimum Gasteiger partial charge on any atom is -0.330 e. The molecule has 1 aliphatic heterocycles. The van der Waals surface area contributed by atoms with Gasteiger partial charge in [-0.05, 0) is 20.0 Å². The predicted octanol–water partition coefficient (Wildman–Crippen LogP) is -0.804. The summed E-state index contributed by atoms with van der Waals surface area (Å²) >= 11 is 0. The Bertz CT molecular complexity index is 82.4. The van der Waals surface area contributed by atoms with E-state index in [1.807, 2.05) is 0 Å². The fourth-order valence-electron chi connectivity index (χ4n) is 1.18. The first-order valence-corrected chi connectivity index (χ1v) is 3.45. The Morgan fingerprint density at radius 2 is 2.56 bits per heavy atom. The van der Waals surface area contributed by atoms with Crippen molar-refractivity contribution < 1.29 is 0 Å². The fourth-order valence-corrected chi connectivity index (χ4v) is 1.18. The van der Waals surface area contributed by atoms with Crippen molar-refractivity contribution in [3.05, 3.63) is 0 Å². The highest BCUT2D eigenvalue weighted by atomic mass is 15.3. The Labute approximate surface area is 56.2 Å².